The van der Waals surface area contributed by atoms with Crippen molar-refractivity contribution in [2.24, 2.45) is 0 Å². The minimum absolute atomic E-state index is 0.0640. The molecule has 150 valence electrons. The fourth-order valence-corrected chi connectivity index (χ4v) is 3.37. The summed E-state index contributed by atoms with van der Waals surface area (Å²) in [5, 5.41) is 20.2. The number of morpholine rings is 1. The third-order valence-electron chi connectivity index (χ3n) is 4.76. The van der Waals surface area contributed by atoms with Gasteiger partial charge in [-0.1, -0.05) is 6.07 Å². The molecule has 0 radical (unpaired) electrons. The maximum Gasteiger partial charge on any atom is 0.414 e. The maximum absolute atomic E-state index is 13.8. The quantitative estimate of drug-likeness (QED) is 0.795. The van der Waals surface area contributed by atoms with Crippen molar-refractivity contribution in [1.29, 1.82) is 5.26 Å². The van der Waals surface area contributed by atoms with E-state index in [1.807, 2.05) is 11.0 Å². The number of hydrogen-bond acceptors (Lipinski definition) is 6. The van der Waals surface area contributed by atoms with Crippen molar-refractivity contribution in [1.82, 2.24) is 9.80 Å². The smallest absolute Gasteiger partial charge is 0.414 e. The number of aliphatic hydroxyl groups is 1. The standard InChI is InChI=1S/C20H24FN3O4/c1-13-15(9-22)17(21)6-5-16(13)20(26)12-24-8-7-23(10-14(24)11-27-20)18(25)28-19(2,3)4/h5-6,10,26H,7-8,11-12H2,1-4H3/t20-/m0/s1. The van der Waals surface area contributed by atoms with E-state index in [-0.39, 0.29) is 18.7 Å². The summed E-state index contributed by atoms with van der Waals surface area (Å²) in [6.45, 7) is 8.06. The Hall–Kier alpha value is -2.63. The molecule has 0 spiro atoms. The second-order valence-corrected chi connectivity index (χ2v) is 8.00. The molecule has 8 heteroatoms. The van der Waals surface area contributed by atoms with Gasteiger partial charge in [-0.05, 0) is 39.3 Å². The number of benzene rings is 1. The Labute approximate surface area is 163 Å². The molecule has 1 aromatic rings. The first-order valence-corrected chi connectivity index (χ1v) is 9.05. The molecule has 0 aromatic heterocycles. The van der Waals surface area contributed by atoms with Crippen molar-refractivity contribution in [3.63, 3.8) is 0 Å². The number of hydrogen-bond donors (Lipinski definition) is 1. The molecule has 2 heterocycles. The van der Waals surface area contributed by atoms with Crippen LogP contribution in [-0.2, 0) is 15.3 Å². The van der Waals surface area contributed by atoms with E-state index < -0.39 is 23.3 Å². The molecule has 0 aliphatic carbocycles. The Balaban J connectivity index is 1.81. The zero-order chi connectivity index (χ0) is 20.7. The molecular weight excluding hydrogens is 365 g/mol. The van der Waals surface area contributed by atoms with Crippen LogP contribution in [0.2, 0.25) is 0 Å². The number of rotatable bonds is 1. The van der Waals surface area contributed by atoms with Gasteiger partial charge in [-0.25, -0.2) is 9.18 Å². The van der Waals surface area contributed by atoms with E-state index in [4.69, 9.17) is 9.47 Å². The van der Waals surface area contributed by atoms with Crippen molar-refractivity contribution in [3.8, 4) is 6.07 Å². The summed E-state index contributed by atoms with van der Waals surface area (Å²) >= 11 is 0. The highest BCUT2D eigenvalue weighted by atomic mass is 19.1. The fourth-order valence-electron chi connectivity index (χ4n) is 3.37. The highest BCUT2D eigenvalue weighted by Gasteiger charge is 2.41. The monoisotopic (exact) mass is 389 g/mol. The van der Waals surface area contributed by atoms with Crippen LogP contribution < -0.4 is 0 Å². The zero-order valence-electron chi connectivity index (χ0n) is 16.5. The largest absolute Gasteiger partial charge is 0.443 e. The van der Waals surface area contributed by atoms with Gasteiger partial charge in [-0.3, -0.25) is 4.90 Å². The van der Waals surface area contributed by atoms with Gasteiger partial charge in [0.25, 0.3) is 0 Å². The van der Waals surface area contributed by atoms with Gasteiger partial charge >= 0.3 is 6.09 Å². The summed E-state index contributed by atoms with van der Waals surface area (Å²) < 4.78 is 24.9. The molecule has 1 N–H and O–H groups in total. The van der Waals surface area contributed by atoms with Crippen molar-refractivity contribution in [2.75, 3.05) is 26.2 Å². The van der Waals surface area contributed by atoms with Crippen LogP contribution in [0.25, 0.3) is 0 Å². The second kappa shape index (κ2) is 7.08. The molecule has 1 aromatic carbocycles. The molecule has 2 aliphatic heterocycles. The fraction of sp³-hybridized carbons (Fsp3) is 0.500. The molecule has 2 aliphatic rings. The lowest BCUT2D eigenvalue weighted by Crippen LogP contribution is -2.53. The van der Waals surface area contributed by atoms with Crippen molar-refractivity contribution >= 4 is 6.09 Å². The third kappa shape index (κ3) is 3.81. The lowest BCUT2D eigenvalue weighted by Gasteiger charge is -2.45. The number of nitriles is 1. The van der Waals surface area contributed by atoms with E-state index >= 15 is 0 Å². The van der Waals surface area contributed by atoms with Crippen LogP contribution >= 0.6 is 0 Å². The molecule has 28 heavy (non-hydrogen) atoms. The SMILES string of the molecule is Cc1c([C@]2(O)CN3CCN(C(=O)OC(C)(C)C)C=C3CO2)ccc(F)c1C#N. The minimum atomic E-state index is -1.67. The van der Waals surface area contributed by atoms with Gasteiger partial charge in [0.2, 0.25) is 5.79 Å². The molecule has 1 saturated heterocycles. The van der Waals surface area contributed by atoms with Crippen LogP contribution in [0.5, 0.6) is 0 Å². The number of fused-ring (bicyclic) bond motifs is 1. The van der Waals surface area contributed by atoms with Gasteiger partial charge in [-0.2, -0.15) is 5.26 Å². The summed E-state index contributed by atoms with van der Waals surface area (Å²) in [6, 6.07) is 4.43. The van der Waals surface area contributed by atoms with Gasteiger partial charge < -0.3 is 19.5 Å². The molecule has 0 unspecified atom stereocenters. The number of amides is 1. The lowest BCUT2D eigenvalue weighted by molar-refractivity contribution is -0.237. The van der Waals surface area contributed by atoms with Gasteiger partial charge in [-0.15, -0.1) is 0 Å². The highest BCUT2D eigenvalue weighted by Crippen LogP contribution is 2.35. The zero-order valence-corrected chi connectivity index (χ0v) is 16.5. The Morgan fingerprint density at radius 1 is 1.39 bits per heavy atom. The molecule has 1 atom stereocenters. The summed E-state index contributed by atoms with van der Waals surface area (Å²) in [5.74, 6) is -2.30. The average Bonchev–Trinajstić information content (AvgIpc) is 2.60. The van der Waals surface area contributed by atoms with E-state index in [0.29, 0.717) is 24.2 Å². The van der Waals surface area contributed by atoms with Gasteiger partial charge in [0, 0.05) is 24.9 Å². The lowest BCUT2D eigenvalue weighted by atomic mass is 9.94. The highest BCUT2D eigenvalue weighted by molar-refractivity contribution is 5.69. The topological polar surface area (TPSA) is 86.0 Å². The van der Waals surface area contributed by atoms with Gasteiger partial charge in [0.05, 0.1) is 24.4 Å². The van der Waals surface area contributed by atoms with Crippen LogP contribution in [-0.4, -0.2) is 52.8 Å². The second-order valence-electron chi connectivity index (χ2n) is 8.00. The van der Waals surface area contributed by atoms with E-state index in [0.717, 1.165) is 11.8 Å². The summed E-state index contributed by atoms with van der Waals surface area (Å²) in [4.78, 5) is 15.7. The molecular formula is C20H24FN3O4. The number of nitrogens with zero attached hydrogens (tertiary/aromatic N) is 3. The van der Waals surface area contributed by atoms with Gasteiger partial charge in [0.1, 0.15) is 17.5 Å². The Bertz CT molecular complexity index is 871. The Kier molecular flexibility index (Phi) is 5.08. The molecule has 0 bridgehead atoms. The van der Waals surface area contributed by atoms with Crippen LogP contribution in [0.4, 0.5) is 9.18 Å². The van der Waals surface area contributed by atoms with E-state index in [1.54, 1.807) is 33.9 Å². The van der Waals surface area contributed by atoms with Crippen LogP contribution in [0.3, 0.4) is 0 Å². The Morgan fingerprint density at radius 2 is 2.11 bits per heavy atom. The minimum Gasteiger partial charge on any atom is -0.443 e. The maximum atomic E-state index is 13.8. The molecule has 3 rings (SSSR count). The van der Waals surface area contributed by atoms with E-state index in [2.05, 4.69) is 0 Å². The summed E-state index contributed by atoms with van der Waals surface area (Å²) in [6.07, 6.45) is 1.23. The van der Waals surface area contributed by atoms with Crippen LogP contribution in [0, 0.1) is 24.1 Å². The van der Waals surface area contributed by atoms with Crippen molar-refractivity contribution < 1.29 is 23.8 Å². The third-order valence-corrected chi connectivity index (χ3v) is 4.76. The molecule has 1 amide bonds. The number of carbonyl (C=O) groups is 1. The average molecular weight is 389 g/mol. The van der Waals surface area contributed by atoms with E-state index in [1.165, 1.54) is 11.0 Å². The number of ether oxygens (including phenoxy) is 2. The number of halogens is 1. The Morgan fingerprint density at radius 3 is 2.75 bits per heavy atom. The van der Waals surface area contributed by atoms with Crippen molar-refractivity contribution in [2.45, 2.75) is 39.1 Å². The first-order valence-electron chi connectivity index (χ1n) is 9.05. The predicted octanol–water partition coefficient (Wildman–Crippen LogP) is 2.58. The first-order chi connectivity index (χ1) is 13.0. The van der Waals surface area contributed by atoms with Crippen LogP contribution in [0.1, 0.15) is 37.5 Å². The van der Waals surface area contributed by atoms with E-state index in [9.17, 15) is 19.6 Å². The molecule has 1 fully saturated rings. The molecule has 7 nitrogen and oxygen atoms in total. The number of carbonyl (C=O) groups excluding carboxylic acids is 1. The summed E-state index contributed by atoms with van der Waals surface area (Å²) in [5.41, 5.74) is 0.755. The van der Waals surface area contributed by atoms with Crippen LogP contribution in [0.15, 0.2) is 24.0 Å². The van der Waals surface area contributed by atoms with Crippen molar-refractivity contribution in [3.05, 3.63) is 46.5 Å². The molecule has 0 saturated carbocycles. The first kappa shape index (κ1) is 20.1. The van der Waals surface area contributed by atoms with Gasteiger partial charge in [0.15, 0.2) is 0 Å². The predicted molar refractivity (Wildman–Crippen MR) is 98.3 cm³/mol. The summed E-state index contributed by atoms with van der Waals surface area (Å²) in [7, 11) is 0. The normalized spacial score (nSPS) is 22.2.